The first-order valence-corrected chi connectivity index (χ1v) is 25.8. The Bertz CT molecular complexity index is 1200. The molecular weight excluding hydrogens is 765 g/mol. The second-order valence-corrected chi connectivity index (χ2v) is 16.9. The molecule has 0 radical (unpaired) electrons. The second kappa shape index (κ2) is 52.2. The molecule has 0 saturated carbocycles. The highest BCUT2D eigenvalue weighted by Crippen LogP contribution is 2.15. The molecule has 0 aliphatic carbocycles. The molecular formula is C57H96O5. The third-order valence-corrected chi connectivity index (χ3v) is 10.9. The molecule has 62 heavy (non-hydrogen) atoms. The van der Waals surface area contributed by atoms with Gasteiger partial charge in [0, 0.05) is 12.8 Å². The van der Waals surface area contributed by atoms with Crippen molar-refractivity contribution >= 4 is 11.9 Å². The molecule has 354 valence electrons. The summed E-state index contributed by atoms with van der Waals surface area (Å²) in [5.41, 5.74) is 0. The number of aliphatic hydroxyl groups excluding tert-OH is 1. The summed E-state index contributed by atoms with van der Waals surface area (Å²) >= 11 is 0. The van der Waals surface area contributed by atoms with Crippen LogP contribution < -0.4 is 0 Å². The number of allylic oxidation sites excluding steroid dienone is 16. The van der Waals surface area contributed by atoms with E-state index in [4.69, 9.17) is 9.47 Å². The van der Waals surface area contributed by atoms with Gasteiger partial charge in [-0.1, -0.05) is 227 Å². The molecule has 1 atom stereocenters. The molecule has 0 fully saturated rings. The molecule has 1 N–H and O–H groups in total. The Morgan fingerprint density at radius 2 is 0.710 bits per heavy atom. The smallest absolute Gasteiger partial charge is 0.306 e. The zero-order valence-corrected chi connectivity index (χ0v) is 40.4. The van der Waals surface area contributed by atoms with Gasteiger partial charge in [0.05, 0.1) is 6.61 Å². The molecule has 5 heteroatoms. The standard InChI is InChI=1S/C57H96O5/c1-3-5-7-9-11-13-15-17-19-21-22-23-24-25-26-27-28-29-30-31-32-33-34-36-37-39-41-43-45-47-49-51-56(59)61-54-55(53-58)62-57(60)52-50-48-46-44-42-40-38-35-20-18-16-14-12-10-8-6-4-2/h6,8,12,14-15,17-18,20-22,24-25,38,40,44,46,55,58H,3-5,7,9-11,13,16,19,23,26-37,39,41-43,45,47-54H2,1-2H3/b8-6-,14-12-,17-15-,20-18-,22-21-,25-24-,40-38-,46-44-. The van der Waals surface area contributed by atoms with Crippen LogP contribution in [0.3, 0.4) is 0 Å². The maximum Gasteiger partial charge on any atom is 0.306 e. The van der Waals surface area contributed by atoms with Gasteiger partial charge in [-0.05, 0) is 89.9 Å². The van der Waals surface area contributed by atoms with Gasteiger partial charge in [0.2, 0.25) is 0 Å². The lowest BCUT2D eigenvalue weighted by Crippen LogP contribution is -2.28. The number of aliphatic hydroxyl groups is 1. The fourth-order valence-electron chi connectivity index (χ4n) is 7.01. The van der Waals surface area contributed by atoms with Crippen LogP contribution >= 0.6 is 0 Å². The van der Waals surface area contributed by atoms with Crippen LogP contribution in [-0.4, -0.2) is 36.4 Å². The first-order valence-electron chi connectivity index (χ1n) is 25.8. The normalized spacial score (nSPS) is 13.0. The predicted molar refractivity (Wildman–Crippen MR) is 269 cm³/mol. The highest BCUT2D eigenvalue weighted by Gasteiger charge is 2.16. The zero-order chi connectivity index (χ0) is 44.9. The zero-order valence-electron chi connectivity index (χ0n) is 40.4. The number of hydrogen-bond acceptors (Lipinski definition) is 5. The third-order valence-electron chi connectivity index (χ3n) is 10.9. The Balaban J connectivity index is 3.54. The van der Waals surface area contributed by atoms with E-state index < -0.39 is 6.10 Å². The summed E-state index contributed by atoms with van der Waals surface area (Å²) in [4.78, 5) is 24.4. The van der Waals surface area contributed by atoms with E-state index in [2.05, 4.69) is 111 Å². The van der Waals surface area contributed by atoms with Crippen molar-refractivity contribution in [1.29, 1.82) is 0 Å². The van der Waals surface area contributed by atoms with Crippen molar-refractivity contribution in [2.75, 3.05) is 13.2 Å². The first-order chi connectivity index (χ1) is 30.6. The topological polar surface area (TPSA) is 72.8 Å². The summed E-state index contributed by atoms with van der Waals surface area (Å²) in [5.74, 6) is -0.660. The third kappa shape index (κ3) is 49.5. The summed E-state index contributed by atoms with van der Waals surface area (Å²) in [7, 11) is 0. The number of hydrogen-bond donors (Lipinski definition) is 1. The van der Waals surface area contributed by atoms with Gasteiger partial charge in [-0.15, -0.1) is 0 Å². The lowest BCUT2D eigenvalue weighted by atomic mass is 10.0. The van der Waals surface area contributed by atoms with E-state index in [1.165, 1.54) is 128 Å². The molecule has 0 rings (SSSR count). The number of unbranched alkanes of at least 4 members (excludes halogenated alkanes) is 22. The van der Waals surface area contributed by atoms with Gasteiger partial charge in [0.15, 0.2) is 6.10 Å². The Morgan fingerprint density at radius 1 is 0.387 bits per heavy atom. The van der Waals surface area contributed by atoms with E-state index >= 15 is 0 Å². The van der Waals surface area contributed by atoms with Gasteiger partial charge in [-0.2, -0.15) is 0 Å². The van der Waals surface area contributed by atoms with Crippen LogP contribution in [0.15, 0.2) is 97.2 Å². The highest BCUT2D eigenvalue weighted by atomic mass is 16.6. The lowest BCUT2D eigenvalue weighted by Gasteiger charge is -2.15. The Hall–Kier alpha value is -3.18. The Kier molecular flexibility index (Phi) is 49.5. The molecule has 0 aliphatic rings. The van der Waals surface area contributed by atoms with Gasteiger partial charge in [0.1, 0.15) is 6.61 Å². The van der Waals surface area contributed by atoms with Crippen LogP contribution in [0.1, 0.15) is 232 Å². The summed E-state index contributed by atoms with van der Waals surface area (Å²) in [6.07, 6.45) is 73.7. The van der Waals surface area contributed by atoms with Crippen LogP contribution in [0, 0.1) is 0 Å². The fourth-order valence-corrected chi connectivity index (χ4v) is 7.01. The predicted octanol–water partition coefficient (Wildman–Crippen LogP) is 17.2. The maximum absolute atomic E-state index is 12.2. The minimum absolute atomic E-state index is 0.0926. The molecule has 0 saturated heterocycles. The van der Waals surface area contributed by atoms with E-state index in [9.17, 15) is 14.7 Å². The molecule has 0 aromatic carbocycles. The van der Waals surface area contributed by atoms with Crippen LogP contribution in [0.2, 0.25) is 0 Å². The van der Waals surface area contributed by atoms with Crippen molar-refractivity contribution in [3.05, 3.63) is 97.2 Å². The van der Waals surface area contributed by atoms with Crippen molar-refractivity contribution in [3.8, 4) is 0 Å². The van der Waals surface area contributed by atoms with E-state index in [0.29, 0.717) is 12.8 Å². The minimum atomic E-state index is -0.807. The number of carbonyl (C=O) groups excluding carboxylic acids is 2. The minimum Gasteiger partial charge on any atom is -0.462 e. The van der Waals surface area contributed by atoms with Gasteiger partial charge < -0.3 is 14.6 Å². The van der Waals surface area contributed by atoms with Crippen LogP contribution in [0.5, 0.6) is 0 Å². The van der Waals surface area contributed by atoms with Gasteiger partial charge in [0.25, 0.3) is 0 Å². The Labute approximate surface area is 383 Å². The first kappa shape index (κ1) is 58.8. The van der Waals surface area contributed by atoms with Gasteiger partial charge >= 0.3 is 11.9 Å². The van der Waals surface area contributed by atoms with Crippen molar-refractivity contribution in [2.24, 2.45) is 0 Å². The molecule has 0 bridgehead atoms. The number of rotatable bonds is 46. The summed E-state index contributed by atoms with van der Waals surface area (Å²) in [5, 5.41) is 9.60. The molecule has 5 nitrogen and oxygen atoms in total. The average molecular weight is 861 g/mol. The number of ether oxygens (including phenoxy) is 2. The van der Waals surface area contributed by atoms with E-state index in [1.807, 2.05) is 0 Å². The molecule has 0 aliphatic heterocycles. The number of carbonyl (C=O) groups is 2. The Morgan fingerprint density at radius 3 is 1.10 bits per heavy atom. The molecule has 0 spiro atoms. The van der Waals surface area contributed by atoms with Crippen molar-refractivity contribution in [1.82, 2.24) is 0 Å². The van der Waals surface area contributed by atoms with Crippen LogP contribution in [0.25, 0.3) is 0 Å². The fraction of sp³-hybridized carbons (Fsp3) is 0.684. The molecule has 0 aromatic rings. The maximum atomic E-state index is 12.2. The number of esters is 2. The molecule has 0 aromatic heterocycles. The molecule has 1 unspecified atom stereocenters. The largest absolute Gasteiger partial charge is 0.462 e. The van der Waals surface area contributed by atoms with Gasteiger partial charge in [-0.25, -0.2) is 0 Å². The monoisotopic (exact) mass is 861 g/mol. The summed E-state index contributed by atoms with van der Waals surface area (Å²) in [6, 6.07) is 0. The molecule has 0 amide bonds. The average Bonchev–Trinajstić information content (AvgIpc) is 3.28. The van der Waals surface area contributed by atoms with Crippen LogP contribution in [-0.2, 0) is 19.1 Å². The van der Waals surface area contributed by atoms with E-state index in [-0.39, 0.29) is 31.6 Å². The van der Waals surface area contributed by atoms with E-state index in [1.54, 1.807) is 0 Å². The van der Waals surface area contributed by atoms with Crippen molar-refractivity contribution in [2.45, 2.75) is 238 Å². The highest BCUT2D eigenvalue weighted by molar-refractivity contribution is 5.70. The van der Waals surface area contributed by atoms with E-state index in [0.717, 1.165) is 70.6 Å². The van der Waals surface area contributed by atoms with Gasteiger partial charge in [-0.3, -0.25) is 9.59 Å². The quantitative estimate of drug-likeness (QED) is 0.0375. The van der Waals surface area contributed by atoms with Crippen molar-refractivity contribution < 1.29 is 24.2 Å². The summed E-state index contributed by atoms with van der Waals surface area (Å²) < 4.78 is 10.6. The van der Waals surface area contributed by atoms with Crippen LogP contribution in [0.4, 0.5) is 0 Å². The second-order valence-electron chi connectivity index (χ2n) is 16.9. The SMILES string of the molecule is CC/C=C\C/C=C\C/C=C\C/C=C\C/C=C\CCCC(=O)OC(CO)COC(=O)CCCCCCCCCCCCCCCCCC/C=C\C/C=C\C/C=C\CCCCCCC. The summed E-state index contributed by atoms with van der Waals surface area (Å²) in [6.45, 7) is 3.97. The molecule has 0 heterocycles. The lowest BCUT2D eigenvalue weighted by molar-refractivity contribution is -0.161. The van der Waals surface area contributed by atoms with Crippen molar-refractivity contribution in [3.63, 3.8) is 0 Å².